The van der Waals surface area contributed by atoms with Gasteiger partial charge in [0.05, 0.1) is 27.9 Å². The standard InChI is InChI=1S/C35H20F6N4O5/c1-17-3-5-18(6-4-17)27-42-43-28(50-27)19-7-11-22(12-8-19)45-31(48)24-14-10-21(16-26(24)32(45)49)33(34(36,37)38,35(39,40)41)20-9-13-23-25(15-20)30(47)44(2)29(23)46/h3-16H,1-2H3. The van der Waals surface area contributed by atoms with Gasteiger partial charge in [-0.05, 0) is 78.7 Å². The Labute approximate surface area is 277 Å². The summed E-state index contributed by atoms with van der Waals surface area (Å²) in [6.45, 7) is 1.92. The van der Waals surface area contributed by atoms with Crippen molar-refractivity contribution in [2.75, 3.05) is 11.9 Å². The van der Waals surface area contributed by atoms with E-state index in [4.69, 9.17) is 4.42 Å². The third-order valence-corrected chi connectivity index (χ3v) is 8.79. The molecular formula is C35H20F6N4O5. The fraction of sp³-hybridized carbons (Fsp3) is 0.143. The summed E-state index contributed by atoms with van der Waals surface area (Å²) in [4.78, 5) is 52.9. The number of aromatic nitrogens is 2. The van der Waals surface area contributed by atoms with Crippen molar-refractivity contribution in [1.29, 1.82) is 0 Å². The third-order valence-electron chi connectivity index (χ3n) is 8.79. The number of hydrogen-bond donors (Lipinski definition) is 0. The number of alkyl halides is 6. The van der Waals surface area contributed by atoms with Gasteiger partial charge < -0.3 is 4.42 Å². The van der Waals surface area contributed by atoms with Gasteiger partial charge in [-0.3, -0.25) is 24.1 Å². The van der Waals surface area contributed by atoms with E-state index in [9.17, 15) is 45.5 Å². The molecule has 0 saturated heterocycles. The molecule has 4 amide bonds. The molecule has 0 bridgehead atoms. The lowest BCUT2D eigenvalue weighted by Gasteiger charge is -2.38. The first-order chi connectivity index (χ1) is 23.5. The number of imide groups is 2. The van der Waals surface area contributed by atoms with Crippen molar-refractivity contribution in [3.63, 3.8) is 0 Å². The van der Waals surface area contributed by atoms with Crippen molar-refractivity contribution >= 4 is 29.3 Å². The Kier molecular flexibility index (Phi) is 7.10. The Morgan fingerprint density at radius 1 is 0.560 bits per heavy atom. The molecule has 0 atom stereocenters. The number of benzene rings is 4. The summed E-state index contributed by atoms with van der Waals surface area (Å²) < 4.78 is 95.4. The van der Waals surface area contributed by atoms with Crippen LogP contribution in [0.5, 0.6) is 0 Å². The molecule has 0 spiro atoms. The topological polar surface area (TPSA) is 114 Å². The summed E-state index contributed by atoms with van der Waals surface area (Å²) in [5.74, 6) is -3.75. The molecule has 2 aliphatic heterocycles. The van der Waals surface area contributed by atoms with Crippen molar-refractivity contribution < 1.29 is 49.9 Å². The van der Waals surface area contributed by atoms with Crippen molar-refractivity contribution in [3.8, 4) is 22.9 Å². The van der Waals surface area contributed by atoms with Gasteiger partial charge in [-0.25, -0.2) is 4.90 Å². The van der Waals surface area contributed by atoms with Crippen molar-refractivity contribution in [3.05, 3.63) is 124 Å². The molecule has 9 nitrogen and oxygen atoms in total. The predicted octanol–water partition coefficient (Wildman–Crippen LogP) is 7.15. The van der Waals surface area contributed by atoms with Crippen LogP contribution in [0.2, 0.25) is 0 Å². The van der Waals surface area contributed by atoms with Gasteiger partial charge in [0.2, 0.25) is 17.2 Å². The molecule has 4 aromatic carbocycles. The van der Waals surface area contributed by atoms with E-state index in [1.165, 1.54) is 24.3 Å². The van der Waals surface area contributed by atoms with Crippen LogP contribution in [0.3, 0.4) is 0 Å². The number of fused-ring (bicyclic) bond motifs is 2. The number of rotatable bonds is 5. The van der Waals surface area contributed by atoms with E-state index in [2.05, 4.69) is 10.2 Å². The van der Waals surface area contributed by atoms with Crippen LogP contribution < -0.4 is 4.90 Å². The quantitative estimate of drug-likeness (QED) is 0.142. The Hall–Kier alpha value is -6.12. The Balaban J connectivity index is 1.26. The summed E-state index contributed by atoms with van der Waals surface area (Å²) in [6, 6.07) is 16.1. The number of halogens is 6. The van der Waals surface area contributed by atoms with Gasteiger partial charge in [0, 0.05) is 18.2 Å². The average Bonchev–Trinajstić information content (AvgIpc) is 3.71. The molecule has 0 aliphatic carbocycles. The van der Waals surface area contributed by atoms with Crippen LogP contribution in [0.15, 0.2) is 89.3 Å². The molecular weight excluding hydrogens is 670 g/mol. The zero-order chi connectivity index (χ0) is 35.9. The maximum absolute atomic E-state index is 14.9. The summed E-state index contributed by atoms with van der Waals surface area (Å²) in [6.07, 6.45) is -12.1. The van der Waals surface area contributed by atoms with Crippen molar-refractivity contribution in [1.82, 2.24) is 15.1 Å². The molecule has 50 heavy (non-hydrogen) atoms. The van der Waals surface area contributed by atoms with Crippen LogP contribution in [0.4, 0.5) is 32.0 Å². The number of hydrogen-bond acceptors (Lipinski definition) is 7. The molecule has 0 radical (unpaired) electrons. The van der Waals surface area contributed by atoms with Gasteiger partial charge in [0.1, 0.15) is 0 Å². The molecule has 7 rings (SSSR count). The smallest absolute Gasteiger partial charge is 0.411 e. The van der Waals surface area contributed by atoms with Gasteiger partial charge in [0.15, 0.2) is 0 Å². The summed E-state index contributed by atoms with van der Waals surface area (Å²) >= 11 is 0. The van der Waals surface area contributed by atoms with E-state index in [1.54, 1.807) is 12.1 Å². The molecule has 5 aromatic rings. The summed E-state index contributed by atoms with van der Waals surface area (Å²) in [5.41, 5.74) is -7.61. The van der Waals surface area contributed by atoms with Crippen molar-refractivity contribution in [2.45, 2.75) is 24.7 Å². The second-order valence-electron chi connectivity index (χ2n) is 11.7. The molecule has 252 valence electrons. The first-order valence-corrected chi connectivity index (χ1v) is 14.7. The van der Waals surface area contributed by atoms with Gasteiger partial charge in [0.25, 0.3) is 23.6 Å². The van der Waals surface area contributed by atoms with Crippen LogP contribution in [0, 0.1) is 6.92 Å². The molecule has 0 fully saturated rings. The second kappa shape index (κ2) is 10.9. The van der Waals surface area contributed by atoms with E-state index in [-0.39, 0.29) is 23.0 Å². The number of carbonyl (C=O) groups excluding carboxylic acids is 4. The maximum atomic E-state index is 14.9. The van der Waals surface area contributed by atoms with E-state index in [0.29, 0.717) is 45.2 Å². The first kappa shape index (κ1) is 32.4. The normalized spacial score (nSPS) is 14.9. The molecule has 3 heterocycles. The lowest BCUT2D eigenvalue weighted by molar-refractivity contribution is -0.288. The fourth-order valence-corrected chi connectivity index (χ4v) is 6.19. The van der Waals surface area contributed by atoms with Crippen LogP contribution in [-0.2, 0) is 5.41 Å². The minimum atomic E-state index is -6.07. The molecule has 15 heteroatoms. The number of nitrogens with zero attached hydrogens (tertiary/aromatic N) is 4. The van der Waals surface area contributed by atoms with E-state index in [1.807, 2.05) is 19.1 Å². The Morgan fingerprint density at radius 3 is 1.48 bits per heavy atom. The molecule has 1 aromatic heterocycles. The number of amides is 4. The summed E-state index contributed by atoms with van der Waals surface area (Å²) in [7, 11) is 1.04. The lowest BCUT2D eigenvalue weighted by Crippen LogP contribution is -2.55. The monoisotopic (exact) mass is 690 g/mol. The van der Waals surface area contributed by atoms with Crippen LogP contribution >= 0.6 is 0 Å². The first-order valence-electron chi connectivity index (χ1n) is 14.7. The molecule has 0 N–H and O–H groups in total. The SMILES string of the molecule is Cc1ccc(-c2nnc(-c3ccc(N4C(=O)c5ccc(C(c6ccc7c(c6)C(=O)N(C)C7=O)(C(F)(F)F)C(F)(F)F)cc5C4=O)cc3)o2)cc1. The lowest BCUT2D eigenvalue weighted by atomic mass is 9.71. The number of anilines is 1. The third kappa shape index (κ3) is 4.64. The van der Waals surface area contributed by atoms with Gasteiger partial charge in [-0.1, -0.05) is 29.8 Å². The largest absolute Gasteiger partial charge is 0.416 e. The highest BCUT2D eigenvalue weighted by atomic mass is 19.4. The van der Waals surface area contributed by atoms with E-state index in [0.717, 1.165) is 24.7 Å². The fourth-order valence-electron chi connectivity index (χ4n) is 6.19. The highest BCUT2D eigenvalue weighted by Crippen LogP contribution is 2.57. The van der Waals surface area contributed by atoms with Crippen molar-refractivity contribution in [2.24, 2.45) is 0 Å². The molecule has 0 saturated carbocycles. The highest BCUT2D eigenvalue weighted by Gasteiger charge is 2.73. The zero-order valence-electron chi connectivity index (χ0n) is 25.7. The highest BCUT2D eigenvalue weighted by molar-refractivity contribution is 6.34. The minimum absolute atomic E-state index is 0.0244. The predicted molar refractivity (Wildman–Crippen MR) is 163 cm³/mol. The summed E-state index contributed by atoms with van der Waals surface area (Å²) in [5, 5.41) is 8.04. The second-order valence-corrected chi connectivity index (χ2v) is 11.7. The van der Waals surface area contributed by atoms with Gasteiger partial charge >= 0.3 is 12.4 Å². The average molecular weight is 691 g/mol. The molecule has 0 unspecified atom stereocenters. The molecule has 2 aliphatic rings. The van der Waals surface area contributed by atoms with Gasteiger partial charge in [-0.15, -0.1) is 10.2 Å². The maximum Gasteiger partial charge on any atom is 0.411 e. The minimum Gasteiger partial charge on any atom is -0.416 e. The Bertz CT molecular complexity index is 2250. The van der Waals surface area contributed by atoms with Crippen LogP contribution in [-0.4, -0.2) is 58.1 Å². The van der Waals surface area contributed by atoms with E-state index >= 15 is 0 Å². The van der Waals surface area contributed by atoms with E-state index < -0.39 is 69.2 Å². The van der Waals surface area contributed by atoms with Gasteiger partial charge in [-0.2, -0.15) is 26.3 Å². The van der Waals surface area contributed by atoms with Crippen LogP contribution in [0.1, 0.15) is 58.1 Å². The number of carbonyl (C=O) groups is 4. The Morgan fingerprint density at radius 2 is 0.980 bits per heavy atom. The number of aryl methyl sites for hydroxylation is 1. The zero-order valence-corrected chi connectivity index (χ0v) is 25.7. The van der Waals surface area contributed by atoms with Crippen LogP contribution in [0.25, 0.3) is 22.9 Å².